The summed E-state index contributed by atoms with van der Waals surface area (Å²) in [7, 11) is 0. The summed E-state index contributed by atoms with van der Waals surface area (Å²) in [6.07, 6.45) is 87.9. The average molecular weight is 1150 g/mol. The van der Waals surface area contributed by atoms with E-state index in [4.69, 9.17) is 14.2 Å². The van der Waals surface area contributed by atoms with Crippen LogP contribution in [0, 0.1) is 0 Å². The van der Waals surface area contributed by atoms with E-state index in [0.29, 0.717) is 19.3 Å². The van der Waals surface area contributed by atoms with Crippen molar-refractivity contribution in [3.05, 3.63) is 24.3 Å². The highest BCUT2D eigenvalue weighted by Crippen LogP contribution is 2.19. The number of ether oxygens (including phenoxy) is 3. The van der Waals surface area contributed by atoms with Crippen LogP contribution >= 0.6 is 0 Å². The number of allylic oxidation sites excluding steroid dienone is 4. The van der Waals surface area contributed by atoms with Crippen molar-refractivity contribution >= 4 is 17.9 Å². The molecule has 0 fully saturated rings. The third-order valence-electron chi connectivity index (χ3n) is 17.2. The second-order valence-corrected chi connectivity index (χ2v) is 25.6. The van der Waals surface area contributed by atoms with Gasteiger partial charge in [0, 0.05) is 19.3 Å². The van der Waals surface area contributed by atoms with Crippen LogP contribution in [0.4, 0.5) is 0 Å². The maximum absolute atomic E-state index is 13.0. The number of rotatable bonds is 70. The predicted octanol–water partition coefficient (Wildman–Crippen LogP) is 25.7. The Bertz CT molecular complexity index is 1320. The standard InChI is InChI=1S/C76H144O6/c1-4-7-10-13-16-19-22-25-28-31-33-35-37-38-40-41-43-45-48-51-54-57-60-63-66-69-75(78)81-72-73(71-80-74(77)68-65-62-59-56-53-50-47-30-27-24-21-18-15-12-9-6-3)82-76(79)70-67-64-61-58-55-52-49-46-44-42-39-36-34-32-29-26-23-20-17-14-11-8-5-2/h21,24,30,47,73H,4-20,22-23,25-29,31-46,48-72H2,1-3H3/b24-21-,47-30-. The Kier molecular flexibility index (Phi) is 69.5. The summed E-state index contributed by atoms with van der Waals surface area (Å²) in [5.41, 5.74) is 0. The van der Waals surface area contributed by atoms with Gasteiger partial charge in [-0.05, 0) is 51.4 Å². The molecule has 0 bridgehead atoms. The third-order valence-corrected chi connectivity index (χ3v) is 17.2. The summed E-state index contributed by atoms with van der Waals surface area (Å²) in [5.74, 6) is -0.847. The van der Waals surface area contributed by atoms with Gasteiger partial charge in [0.25, 0.3) is 0 Å². The zero-order valence-corrected chi connectivity index (χ0v) is 55.8. The van der Waals surface area contributed by atoms with E-state index in [2.05, 4.69) is 45.1 Å². The zero-order valence-electron chi connectivity index (χ0n) is 55.8. The number of carbonyl (C=O) groups is 3. The molecule has 0 heterocycles. The van der Waals surface area contributed by atoms with Crippen LogP contribution in [0.1, 0.15) is 425 Å². The molecule has 0 aromatic rings. The van der Waals surface area contributed by atoms with Crippen molar-refractivity contribution in [3.63, 3.8) is 0 Å². The van der Waals surface area contributed by atoms with E-state index < -0.39 is 6.10 Å². The lowest BCUT2D eigenvalue weighted by Gasteiger charge is -2.18. The van der Waals surface area contributed by atoms with Crippen LogP contribution in [0.2, 0.25) is 0 Å². The van der Waals surface area contributed by atoms with Crippen molar-refractivity contribution in [3.8, 4) is 0 Å². The first-order valence-corrected chi connectivity index (χ1v) is 37.3. The van der Waals surface area contributed by atoms with Gasteiger partial charge in [-0.3, -0.25) is 14.4 Å². The minimum atomic E-state index is -0.775. The summed E-state index contributed by atoms with van der Waals surface area (Å²) < 4.78 is 17.0. The highest BCUT2D eigenvalue weighted by Gasteiger charge is 2.20. The van der Waals surface area contributed by atoms with Gasteiger partial charge in [0.1, 0.15) is 13.2 Å². The largest absolute Gasteiger partial charge is 0.462 e. The molecule has 0 aliphatic rings. The fraction of sp³-hybridized carbons (Fsp3) is 0.908. The van der Waals surface area contributed by atoms with E-state index in [1.807, 2.05) is 0 Å². The molecule has 0 radical (unpaired) electrons. The normalized spacial score (nSPS) is 12.1. The maximum Gasteiger partial charge on any atom is 0.306 e. The Morgan fingerprint density at radius 2 is 0.439 bits per heavy atom. The van der Waals surface area contributed by atoms with Gasteiger partial charge in [-0.2, -0.15) is 0 Å². The van der Waals surface area contributed by atoms with Gasteiger partial charge in [0.2, 0.25) is 0 Å². The summed E-state index contributed by atoms with van der Waals surface area (Å²) >= 11 is 0. The Morgan fingerprint density at radius 1 is 0.244 bits per heavy atom. The summed E-state index contributed by atoms with van der Waals surface area (Å²) in [6, 6.07) is 0. The van der Waals surface area contributed by atoms with Gasteiger partial charge in [-0.1, -0.05) is 379 Å². The van der Waals surface area contributed by atoms with Crippen molar-refractivity contribution in [2.45, 2.75) is 431 Å². The van der Waals surface area contributed by atoms with E-state index in [9.17, 15) is 14.4 Å². The number of esters is 3. The first kappa shape index (κ1) is 79.9. The molecule has 6 nitrogen and oxygen atoms in total. The van der Waals surface area contributed by atoms with Crippen molar-refractivity contribution < 1.29 is 28.6 Å². The Labute approximate surface area is 513 Å². The van der Waals surface area contributed by atoms with E-state index in [-0.39, 0.29) is 31.1 Å². The maximum atomic E-state index is 13.0. The first-order valence-electron chi connectivity index (χ1n) is 37.3. The Morgan fingerprint density at radius 3 is 0.683 bits per heavy atom. The number of unbranched alkanes of at least 4 members (excludes halogenated alkanes) is 55. The minimum Gasteiger partial charge on any atom is -0.462 e. The predicted molar refractivity (Wildman–Crippen MR) is 358 cm³/mol. The van der Waals surface area contributed by atoms with E-state index >= 15 is 0 Å². The van der Waals surface area contributed by atoms with E-state index in [1.165, 1.54) is 308 Å². The monoisotopic (exact) mass is 1150 g/mol. The van der Waals surface area contributed by atoms with Gasteiger partial charge in [0.15, 0.2) is 6.10 Å². The van der Waals surface area contributed by atoms with Gasteiger partial charge >= 0.3 is 17.9 Å². The molecular weight excluding hydrogens is 1010 g/mol. The van der Waals surface area contributed by atoms with Crippen LogP contribution in [0.5, 0.6) is 0 Å². The zero-order chi connectivity index (χ0) is 59.2. The molecule has 1 atom stereocenters. The first-order chi connectivity index (χ1) is 40.5. The summed E-state index contributed by atoms with van der Waals surface area (Å²) in [4.78, 5) is 38.5. The Hall–Kier alpha value is -2.11. The molecule has 0 saturated carbocycles. The molecule has 0 saturated heterocycles. The van der Waals surface area contributed by atoms with Crippen LogP contribution in [0.25, 0.3) is 0 Å². The van der Waals surface area contributed by atoms with Crippen molar-refractivity contribution in [2.75, 3.05) is 13.2 Å². The molecule has 0 aromatic carbocycles. The molecular formula is C76H144O6. The van der Waals surface area contributed by atoms with Crippen LogP contribution in [-0.4, -0.2) is 37.2 Å². The third kappa shape index (κ3) is 68.7. The van der Waals surface area contributed by atoms with Gasteiger partial charge < -0.3 is 14.2 Å². The fourth-order valence-electron chi connectivity index (χ4n) is 11.6. The number of hydrogen-bond acceptors (Lipinski definition) is 6. The molecule has 0 aliphatic heterocycles. The molecule has 6 heteroatoms. The highest BCUT2D eigenvalue weighted by molar-refractivity contribution is 5.71. The molecule has 0 aromatic heterocycles. The van der Waals surface area contributed by atoms with Crippen molar-refractivity contribution in [1.82, 2.24) is 0 Å². The molecule has 0 rings (SSSR count). The second kappa shape index (κ2) is 71.4. The lowest BCUT2D eigenvalue weighted by Crippen LogP contribution is -2.30. The molecule has 1 unspecified atom stereocenters. The molecule has 0 amide bonds. The van der Waals surface area contributed by atoms with Crippen LogP contribution < -0.4 is 0 Å². The molecule has 0 aliphatic carbocycles. The lowest BCUT2D eigenvalue weighted by molar-refractivity contribution is -0.167. The van der Waals surface area contributed by atoms with Gasteiger partial charge in [0.05, 0.1) is 0 Å². The fourth-order valence-corrected chi connectivity index (χ4v) is 11.6. The van der Waals surface area contributed by atoms with E-state index in [1.54, 1.807) is 0 Å². The van der Waals surface area contributed by atoms with Crippen molar-refractivity contribution in [2.24, 2.45) is 0 Å². The van der Waals surface area contributed by atoms with Crippen LogP contribution in [-0.2, 0) is 28.6 Å². The molecule has 484 valence electrons. The van der Waals surface area contributed by atoms with Crippen molar-refractivity contribution in [1.29, 1.82) is 0 Å². The number of carbonyl (C=O) groups excluding carboxylic acids is 3. The topological polar surface area (TPSA) is 78.9 Å². The average Bonchev–Trinajstić information content (AvgIpc) is 3.48. The molecule has 0 N–H and O–H groups in total. The van der Waals surface area contributed by atoms with Crippen LogP contribution in [0.15, 0.2) is 24.3 Å². The van der Waals surface area contributed by atoms with E-state index in [0.717, 1.165) is 77.0 Å². The molecule has 0 spiro atoms. The highest BCUT2D eigenvalue weighted by atomic mass is 16.6. The lowest BCUT2D eigenvalue weighted by atomic mass is 10.0. The SMILES string of the molecule is CCCCCC/C=C\C/C=C\CCCCCCCC(=O)OCC(COC(=O)CCCCCCCCCCCCCCCCCCCCCCCCCCC)OC(=O)CCCCCCCCCCCCCCCCCCCCCCCCC. The summed E-state index contributed by atoms with van der Waals surface area (Å²) in [5, 5.41) is 0. The van der Waals surface area contributed by atoms with Gasteiger partial charge in [-0.15, -0.1) is 0 Å². The smallest absolute Gasteiger partial charge is 0.306 e. The summed E-state index contributed by atoms with van der Waals surface area (Å²) in [6.45, 7) is 6.71. The quantitative estimate of drug-likeness (QED) is 0.0261. The van der Waals surface area contributed by atoms with Gasteiger partial charge in [-0.25, -0.2) is 0 Å². The molecule has 82 heavy (non-hydrogen) atoms. The Balaban J connectivity index is 4.25. The van der Waals surface area contributed by atoms with Crippen LogP contribution in [0.3, 0.4) is 0 Å². The second-order valence-electron chi connectivity index (χ2n) is 25.6. The number of hydrogen-bond donors (Lipinski definition) is 0. The minimum absolute atomic E-state index is 0.0690.